The maximum atomic E-state index is 6.54. The minimum atomic E-state index is 0.414. The molecule has 0 spiro atoms. The molecule has 0 aliphatic rings. The van der Waals surface area contributed by atoms with Gasteiger partial charge in [-0.05, 0) is 24.3 Å². The summed E-state index contributed by atoms with van der Waals surface area (Å²) >= 11 is 8.02. The van der Waals surface area contributed by atoms with E-state index < -0.39 is 0 Å². The molecule has 0 radical (unpaired) electrons. The third kappa shape index (κ3) is 2.85. The fraction of sp³-hybridized carbons (Fsp3) is 0.0500. The fourth-order valence-corrected chi connectivity index (χ4v) is 4.37. The van der Waals surface area contributed by atoms with Gasteiger partial charge < -0.3 is 4.57 Å². The molecule has 5 rings (SSSR count). The van der Waals surface area contributed by atoms with Crippen molar-refractivity contribution in [2.24, 2.45) is 7.05 Å². The van der Waals surface area contributed by atoms with Gasteiger partial charge in [0.1, 0.15) is 22.2 Å². The van der Waals surface area contributed by atoms with Gasteiger partial charge in [-0.25, -0.2) is 19.9 Å². The van der Waals surface area contributed by atoms with Crippen LogP contribution in [0.1, 0.15) is 0 Å². The van der Waals surface area contributed by atoms with Gasteiger partial charge in [0.2, 0.25) is 0 Å². The highest BCUT2D eigenvalue weighted by atomic mass is 35.5. The molecule has 6 nitrogen and oxygen atoms in total. The number of aromatic nitrogens is 6. The van der Waals surface area contributed by atoms with E-state index in [1.54, 1.807) is 18.6 Å². The van der Waals surface area contributed by atoms with Crippen LogP contribution in [0.25, 0.3) is 43.4 Å². The van der Waals surface area contributed by atoms with Crippen molar-refractivity contribution in [3.8, 4) is 32.5 Å². The van der Waals surface area contributed by atoms with E-state index in [1.165, 1.54) is 17.7 Å². The van der Waals surface area contributed by atoms with Crippen LogP contribution in [-0.4, -0.2) is 29.5 Å². The second kappa shape index (κ2) is 6.78. The number of fused-ring (bicyclic) bond motifs is 1. The molecule has 5 aromatic rings. The molecule has 0 saturated heterocycles. The van der Waals surface area contributed by atoms with Crippen LogP contribution in [0.5, 0.6) is 0 Å². The summed E-state index contributed by atoms with van der Waals surface area (Å²) in [6, 6.07) is 9.89. The van der Waals surface area contributed by atoms with Crippen molar-refractivity contribution in [3.63, 3.8) is 0 Å². The maximum Gasteiger partial charge on any atom is 0.150 e. The van der Waals surface area contributed by atoms with E-state index in [1.807, 2.05) is 42.1 Å². The first kappa shape index (κ1) is 17.0. The summed E-state index contributed by atoms with van der Waals surface area (Å²) in [7, 11) is 1.99. The Bertz CT molecular complexity index is 1280. The van der Waals surface area contributed by atoms with Crippen molar-refractivity contribution >= 4 is 33.8 Å². The lowest BCUT2D eigenvalue weighted by atomic mass is 10.1. The summed E-state index contributed by atoms with van der Waals surface area (Å²) in [6.45, 7) is 0. The fourth-order valence-electron chi connectivity index (χ4n) is 3.11. The first-order valence-electron chi connectivity index (χ1n) is 8.50. The number of hydrogen-bond acceptors (Lipinski definition) is 6. The molecule has 5 heterocycles. The molecule has 0 amide bonds. The second-order valence-electron chi connectivity index (χ2n) is 6.20. The number of halogens is 1. The molecule has 0 N–H and O–H groups in total. The number of hydrogen-bond donors (Lipinski definition) is 0. The second-order valence-corrected chi connectivity index (χ2v) is 7.56. The van der Waals surface area contributed by atoms with Crippen LogP contribution < -0.4 is 0 Å². The highest BCUT2D eigenvalue weighted by molar-refractivity contribution is 7.19. The van der Waals surface area contributed by atoms with Crippen LogP contribution >= 0.6 is 22.9 Å². The largest absolute Gasteiger partial charge is 0.349 e. The van der Waals surface area contributed by atoms with Crippen molar-refractivity contribution < 1.29 is 0 Å². The highest BCUT2D eigenvalue weighted by Crippen LogP contribution is 2.40. The Morgan fingerprint density at radius 3 is 2.68 bits per heavy atom. The Labute approximate surface area is 169 Å². The smallest absolute Gasteiger partial charge is 0.150 e. The molecule has 0 unspecified atom stereocenters. The monoisotopic (exact) mass is 404 g/mol. The molecule has 5 aromatic heterocycles. The zero-order valence-corrected chi connectivity index (χ0v) is 16.3. The third-order valence-electron chi connectivity index (χ3n) is 4.39. The number of nitrogens with zero attached hydrogens (tertiary/aromatic N) is 6. The van der Waals surface area contributed by atoms with Gasteiger partial charge >= 0.3 is 0 Å². The average Bonchev–Trinajstić information content (AvgIpc) is 3.32. The van der Waals surface area contributed by atoms with Crippen LogP contribution in [0.15, 0.2) is 61.4 Å². The number of thiazole rings is 1. The van der Waals surface area contributed by atoms with Crippen molar-refractivity contribution in [1.29, 1.82) is 0 Å². The van der Waals surface area contributed by atoms with E-state index in [0.717, 1.165) is 43.4 Å². The van der Waals surface area contributed by atoms with Crippen molar-refractivity contribution in [2.75, 3.05) is 0 Å². The van der Waals surface area contributed by atoms with Crippen LogP contribution in [-0.2, 0) is 7.05 Å². The molecule has 0 fully saturated rings. The normalized spacial score (nSPS) is 11.2. The molecule has 0 aromatic carbocycles. The van der Waals surface area contributed by atoms with Gasteiger partial charge in [-0.1, -0.05) is 17.7 Å². The average molecular weight is 405 g/mol. The quantitative estimate of drug-likeness (QED) is 0.429. The Morgan fingerprint density at radius 2 is 1.89 bits per heavy atom. The summed E-state index contributed by atoms with van der Waals surface area (Å²) in [5, 5.41) is 2.24. The first-order chi connectivity index (χ1) is 13.7. The van der Waals surface area contributed by atoms with Gasteiger partial charge in [0.15, 0.2) is 0 Å². The highest BCUT2D eigenvalue weighted by Gasteiger charge is 2.20. The van der Waals surface area contributed by atoms with Gasteiger partial charge in [0.05, 0.1) is 21.8 Å². The lowest BCUT2D eigenvalue weighted by Gasteiger charge is -2.07. The summed E-state index contributed by atoms with van der Waals surface area (Å²) < 4.78 is 2.04. The molecular weight excluding hydrogens is 392 g/mol. The molecule has 0 bridgehead atoms. The molecule has 8 heteroatoms. The van der Waals surface area contributed by atoms with Crippen LogP contribution in [0.4, 0.5) is 0 Å². The van der Waals surface area contributed by atoms with E-state index in [2.05, 4.69) is 26.0 Å². The van der Waals surface area contributed by atoms with Gasteiger partial charge in [-0.2, -0.15) is 0 Å². The van der Waals surface area contributed by atoms with E-state index in [-0.39, 0.29) is 0 Å². The summed E-state index contributed by atoms with van der Waals surface area (Å²) in [5.74, 6) is 0. The zero-order valence-electron chi connectivity index (χ0n) is 14.7. The summed E-state index contributed by atoms with van der Waals surface area (Å²) in [4.78, 5) is 22.8. The van der Waals surface area contributed by atoms with Gasteiger partial charge in [0.25, 0.3) is 0 Å². The van der Waals surface area contributed by atoms with E-state index in [4.69, 9.17) is 16.6 Å². The molecular formula is C20H13ClN6S. The van der Waals surface area contributed by atoms with E-state index in [9.17, 15) is 0 Å². The standard InChI is InChI=1S/C20H13ClN6S/c1-27-7-5-12-8-15(14-4-2-3-6-24-14)25-16(17(12)27)18-19(21)26-20(28-18)13-9-22-11-23-10-13/h2-11H,1H3. The van der Waals surface area contributed by atoms with E-state index in [0.29, 0.717) is 5.15 Å². The van der Waals surface area contributed by atoms with Crippen molar-refractivity contribution in [1.82, 2.24) is 29.5 Å². The Hall–Kier alpha value is -3.16. The Kier molecular flexibility index (Phi) is 4.11. The summed E-state index contributed by atoms with van der Waals surface area (Å²) in [6.07, 6.45) is 8.71. The minimum Gasteiger partial charge on any atom is -0.349 e. The number of pyridine rings is 2. The molecule has 0 aliphatic carbocycles. The number of aryl methyl sites for hydroxylation is 1. The van der Waals surface area contributed by atoms with Crippen LogP contribution in [0.2, 0.25) is 5.15 Å². The molecule has 0 atom stereocenters. The molecule has 0 saturated carbocycles. The molecule has 28 heavy (non-hydrogen) atoms. The molecule has 136 valence electrons. The van der Waals surface area contributed by atoms with Crippen LogP contribution in [0, 0.1) is 0 Å². The van der Waals surface area contributed by atoms with Crippen molar-refractivity contribution in [3.05, 3.63) is 66.6 Å². The maximum absolute atomic E-state index is 6.54. The van der Waals surface area contributed by atoms with Gasteiger partial charge in [0, 0.05) is 42.8 Å². The van der Waals surface area contributed by atoms with Crippen LogP contribution in [0.3, 0.4) is 0 Å². The third-order valence-corrected chi connectivity index (χ3v) is 5.89. The lowest BCUT2D eigenvalue weighted by molar-refractivity contribution is 0.967. The number of rotatable bonds is 3. The predicted molar refractivity (Wildman–Crippen MR) is 111 cm³/mol. The topological polar surface area (TPSA) is 69.4 Å². The van der Waals surface area contributed by atoms with Gasteiger partial charge in [-0.3, -0.25) is 4.98 Å². The Morgan fingerprint density at radius 1 is 1.04 bits per heavy atom. The zero-order chi connectivity index (χ0) is 19.1. The summed E-state index contributed by atoms with van der Waals surface area (Å²) in [5.41, 5.74) is 4.22. The minimum absolute atomic E-state index is 0.414. The first-order valence-corrected chi connectivity index (χ1v) is 9.70. The lowest BCUT2D eigenvalue weighted by Crippen LogP contribution is -1.94. The SMILES string of the molecule is Cn1ccc2cc(-c3ccccn3)nc(-c3sc(-c4cncnc4)nc3Cl)c21. The van der Waals surface area contributed by atoms with Gasteiger partial charge in [-0.15, -0.1) is 11.3 Å². The Balaban J connectivity index is 1.75. The van der Waals surface area contributed by atoms with Crippen molar-refractivity contribution in [2.45, 2.75) is 0 Å². The molecule has 0 aliphatic heterocycles. The van der Waals surface area contributed by atoms with E-state index >= 15 is 0 Å². The predicted octanol–water partition coefficient (Wildman–Crippen LogP) is 4.87.